The van der Waals surface area contributed by atoms with Crippen LogP contribution in [0.1, 0.15) is 19.4 Å². The van der Waals surface area contributed by atoms with E-state index in [1.807, 2.05) is 0 Å². The van der Waals surface area contributed by atoms with Gasteiger partial charge >= 0.3 is 0 Å². The summed E-state index contributed by atoms with van der Waals surface area (Å²) >= 11 is 2.33. The van der Waals surface area contributed by atoms with Crippen LogP contribution in [0.15, 0.2) is 40.0 Å². The minimum absolute atomic E-state index is 0.220. The second kappa shape index (κ2) is 5.51. The maximum absolute atomic E-state index is 12.2. The molecule has 2 aliphatic rings. The highest BCUT2D eigenvalue weighted by Crippen LogP contribution is 2.46. The van der Waals surface area contributed by atoms with Gasteiger partial charge in [-0.25, -0.2) is 0 Å². The van der Waals surface area contributed by atoms with E-state index in [4.69, 9.17) is 0 Å². The second-order valence-electron chi connectivity index (χ2n) is 6.21. The van der Waals surface area contributed by atoms with E-state index in [-0.39, 0.29) is 5.92 Å². The van der Waals surface area contributed by atoms with Crippen molar-refractivity contribution in [3.63, 3.8) is 0 Å². The third kappa shape index (κ3) is 2.20. The topological polar surface area (TPSA) is 20.3 Å². The quantitative estimate of drug-likeness (QED) is 0.578. The van der Waals surface area contributed by atoms with Crippen LogP contribution < -0.4 is 0 Å². The molecule has 2 heterocycles. The van der Waals surface area contributed by atoms with Crippen LogP contribution in [-0.4, -0.2) is 23.4 Å². The molecule has 20 heavy (non-hydrogen) atoms. The number of rotatable bonds is 3. The van der Waals surface area contributed by atoms with Crippen LogP contribution >= 0.6 is 22.6 Å². The van der Waals surface area contributed by atoms with Crippen LogP contribution in [0.4, 0.5) is 0 Å². The average Bonchev–Trinajstić information content (AvgIpc) is 2.73. The maximum Gasteiger partial charge on any atom is 0.228 e. The lowest BCUT2D eigenvalue weighted by molar-refractivity contribution is -0.157. The number of fused-ring (bicyclic) bond motifs is 1. The number of hydrogen-bond acceptors (Lipinski definition) is 1. The summed E-state index contributed by atoms with van der Waals surface area (Å²) in [4.78, 5) is 14.3. The van der Waals surface area contributed by atoms with Crippen molar-refractivity contribution >= 4 is 28.5 Å². The number of benzene rings is 1. The molecule has 0 N–H and O–H groups in total. The molecule has 3 atom stereocenters. The van der Waals surface area contributed by atoms with E-state index in [0.29, 0.717) is 23.8 Å². The first-order valence-electron chi connectivity index (χ1n) is 7.27. The molecule has 1 aromatic carbocycles. The van der Waals surface area contributed by atoms with Crippen molar-refractivity contribution in [3.05, 3.63) is 45.6 Å². The van der Waals surface area contributed by atoms with Gasteiger partial charge in [0.2, 0.25) is 5.91 Å². The minimum Gasteiger partial charge on any atom is -0.334 e. The van der Waals surface area contributed by atoms with Gasteiger partial charge in [-0.2, -0.15) is 0 Å². The van der Waals surface area contributed by atoms with Crippen LogP contribution in [0.5, 0.6) is 0 Å². The molecule has 0 aliphatic carbocycles. The lowest BCUT2D eigenvalue weighted by Gasteiger charge is -2.46. The molecule has 106 valence electrons. The van der Waals surface area contributed by atoms with Gasteiger partial charge in [-0.3, -0.25) is 4.79 Å². The molecule has 0 saturated carbocycles. The van der Waals surface area contributed by atoms with Crippen molar-refractivity contribution in [2.45, 2.75) is 26.3 Å². The summed E-state index contributed by atoms with van der Waals surface area (Å²) in [5.41, 5.74) is 2.80. The van der Waals surface area contributed by atoms with Gasteiger partial charge in [-0.05, 0) is 27.6 Å². The molecule has 0 bridgehead atoms. The molecular formula is C17H20INO. The third-order valence-electron chi connectivity index (χ3n) is 4.69. The molecule has 2 fully saturated rings. The summed E-state index contributed by atoms with van der Waals surface area (Å²) in [6.07, 6.45) is 1.05. The summed E-state index contributed by atoms with van der Waals surface area (Å²) in [5, 5.41) is 0. The number of hydrogen-bond donors (Lipinski definition) is 0. The van der Waals surface area contributed by atoms with Crippen LogP contribution in [0.2, 0.25) is 0 Å². The Morgan fingerprint density at radius 1 is 1.35 bits per heavy atom. The Kier molecular flexibility index (Phi) is 3.89. The highest BCUT2D eigenvalue weighted by Gasteiger charge is 2.56. The monoisotopic (exact) mass is 381 g/mol. The minimum atomic E-state index is 0.220. The number of β-lactam (4-membered cyclic amide) rings is 1. The Hall–Kier alpha value is -0.840. The Labute approximate surface area is 134 Å². The summed E-state index contributed by atoms with van der Waals surface area (Å²) < 4.78 is 2.19. The van der Waals surface area contributed by atoms with E-state index >= 15 is 0 Å². The Balaban J connectivity index is 1.86. The Morgan fingerprint density at radius 2 is 2.05 bits per heavy atom. The van der Waals surface area contributed by atoms with E-state index < -0.39 is 0 Å². The summed E-state index contributed by atoms with van der Waals surface area (Å²) in [6.45, 7) is 5.18. The van der Waals surface area contributed by atoms with E-state index in [2.05, 4.69) is 75.8 Å². The van der Waals surface area contributed by atoms with Crippen LogP contribution in [0, 0.1) is 17.8 Å². The van der Waals surface area contributed by atoms with Crippen LogP contribution in [0.3, 0.4) is 0 Å². The molecule has 0 radical (unpaired) electrons. The van der Waals surface area contributed by atoms with Crippen molar-refractivity contribution < 1.29 is 4.79 Å². The standard InChI is InChI=1S/C17H20INO/c1-11(2)15-16-14(8-12-6-4-3-5-7-12)13(9-18)10-19(16)17(15)20/h3-7,9,11,14-16H,8,10H2,1-2H3/b13-9+/t14-,15+,16-/m0/s1. The Morgan fingerprint density at radius 3 is 2.65 bits per heavy atom. The van der Waals surface area contributed by atoms with Crippen molar-refractivity contribution in [1.82, 2.24) is 4.90 Å². The largest absolute Gasteiger partial charge is 0.334 e. The lowest BCUT2D eigenvalue weighted by Crippen LogP contribution is -2.61. The summed E-state index contributed by atoms with van der Waals surface area (Å²) in [6, 6.07) is 11.1. The van der Waals surface area contributed by atoms with Gasteiger partial charge in [-0.15, -0.1) is 0 Å². The van der Waals surface area contributed by atoms with Gasteiger partial charge in [0.1, 0.15) is 0 Å². The van der Waals surface area contributed by atoms with Crippen LogP contribution in [-0.2, 0) is 11.2 Å². The van der Waals surface area contributed by atoms with Crippen molar-refractivity contribution in [1.29, 1.82) is 0 Å². The molecule has 0 unspecified atom stereocenters. The highest BCUT2D eigenvalue weighted by molar-refractivity contribution is 14.1. The predicted octanol–water partition coefficient (Wildman–Crippen LogP) is 3.66. The van der Waals surface area contributed by atoms with Gasteiger partial charge in [0.25, 0.3) is 0 Å². The molecule has 1 aromatic rings. The van der Waals surface area contributed by atoms with Gasteiger partial charge in [0, 0.05) is 12.5 Å². The SMILES string of the molecule is CC(C)[C@H]1C(=O)N2C/C(=C\I)[C@H](Cc3ccccc3)[C@@H]12. The molecular weight excluding hydrogens is 361 g/mol. The first-order chi connectivity index (χ1) is 9.63. The fraction of sp³-hybridized carbons (Fsp3) is 0.471. The lowest BCUT2D eigenvalue weighted by atomic mass is 9.73. The van der Waals surface area contributed by atoms with Crippen molar-refractivity contribution in [3.8, 4) is 0 Å². The zero-order valence-corrected chi connectivity index (χ0v) is 14.1. The zero-order valence-electron chi connectivity index (χ0n) is 11.9. The fourth-order valence-corrected chi connectivity index (χ4v) is 4.35. The number of carbonyl (C=O) groups is 1. The van der Waals surface area contributed by atoms with Crippen molar-refractivity contribution in [2.75, 3.05) is 6.54 Å². The molecule has 1 amide bonds. The van der Waals surface area contributed by atoms with Gasteiger partial charge in [0.15, 0.2) is 0 Å². The number of carbonyl (C=O) groups excluding carboxylic acids is 1. The van der Waals surface area contributed by atoms with E-state index in [1.165, 1.54) is 11.1 Å². The Bertz CT molecular complexity index is 537. The average molecular weight is 381 g/mol. The summed E-state index contributed by atoms with van der Waals surface area (Å²) in [5.74, 6) is 1.52. The number of halogens is 1. The maximum atomic E-state index is 12.2. The molecule has 0 aromatic heterocycles. The van der Waals surface area contributed by atoms with E-state index in [1.54, 1.807) is 0 Å². The first-order valence-corrected chi connectivity index (χ1v) is 8.51. The fourth-order valence-electron chi connectivity index (χ4n) is 3.70. The molecule has 3 heteroatoms. The van der Waals surface area contributed by atoms with E-state index in [0.717, 1.165) is 13.0 Å². The molecule has 3 rings (SSSR count). The normalized spacial score (nSPS) is 30.8. The van der Waals surface area contributed by atoms with Gasteiger partial charge in [0.05, 0.1) is 12.0 Å². The molecule has 0 spiro atoms. The first kappa shape index (κ1) is 14.1. The van der Waals surface area contributed by atoms with E-state index in [9.17, 15) is 4.79 Å². The molecule has 2 nitrogen and oxygen atoms in total. The second-order valence-corrected chi connectivity index (χ2v) is 6.83. The van der Waals surface area contributed by atoms with Crippen LogP contribution in [0.25, 0.3) is 0 Å². The van der Waals surface area contributed by atoms with Gasteiger partial charge < -0.3 is 4.90 Å². The summed E-state index contributed by atoms with van der Waals surface area (Å²) in [7, 11) is 0. The number of nitrogens with zero attached hydrogens (tertiary/aromatic N) is 1. The molecule has 2 saturated heterocycles. The predicted molar refractivity (Wildman–Crippen MR) is 89.6 cm³/mol. The molecule has 2 aliphatic heterocycles. The smallest absolute Gasteiger partial charge is 0.228 e. The van der Waals surface area contributed by atoms with Gasteiger partial charge in [-0.1, -0.05) is 66.8 Å². The third-order valence-corrected chi connectivity index (χ3v) is 5.49. The van der Waals surface area contributed by atoms with Crippen molar-refractivity contribution in [2.24, 2.45) is 17.8 Å². The zero-order chi connectivity index (χ0) is 14.3. The highest BCUT2D eigenvalue weighted by atomic mass is 127. The number of amides is 1.